The molecule has 0 aromatic heterocycles. The standard InChI is InChI=1S/C14H24N2O3/c1-4-9-15(10-5-2)13(19)16-11-7-6-8-14(16,3)12(17)18/h4H,1,5-11H2,2-3H3,(H,17,18). The summed E-state index contributed by atoms with van der Waals surface area (Å²) < 4.78 is 0. The molecule has 1 aliphatic heterocycles. The van der Waals surface area contributed by atoms with Crippen molar-refractivity contribution >= 4 is 12.0 Å². The van der Waals surface area contributed by atoms with Crippen LogP contribution in [0.4, 0.5) is 4.79 Å². The number of carboxylic acids is 1. The van der Waals surface area contributed by atoms with Gasteiger partial charge in [0.1, 0.15) is 5.54 Å². The van der Waals surface area contributed by atoms with Crippen LogP contribution in [-0.4, -0.2) is 52.1 Å². The summed E-state index contributed by atoms with van der Waals surface area (Å²) in [5, 5.41) is 9.43. The van der Waals surface area contributed by atoms with Crippen LogP contribution >= 0.6 is 0 Å². The van der Waals surface area contributed by atoms with Gasteiger partial charge >= 0.3 is 12.0 Å². The number of carboxylic acid groups (broad SMARTS) is 1. The topological polar surface area (TPSA) is 60.9 Å². The summed E-state index contributed by atoms with van der Waals surface area (Å²) in [6, 6.07) is -0.189. The van der Waals surface area contributed by atoms with Gasteiger partial charge in [-0.2, -0.15) is 0 Å². The lowest BCUT2D eigenvalue weighted by Gasteiger charge is -2.43. The number of hydrogen-bond donors (Lipinski definition) is 1. The molecule has 1 heterocycles. The molecule has 108 valence electrons. The summed E-state index contributed by atoms with van der Waals surface area (Å²) >= 11 is 0. The zero-order chi connectivity index (χ0) is 14.5. The summed E-state index contributed by atoms with van der Waals surface area (Å²) in [6.07, 6.45) is 4.75. The Balaban J connectivity index is 2.92. The van der Waals surface area contributed by atoms with Gasteiger partial charge in [0.25, 0.3) is 0 Å². The molecule has 0 aliphatic carbocycles. The third kappa shape index (κ3) is 3.28. The van der Waals surface area contributed by atoms with Crippen LogP contribution < -0.4 is 0 Å². The Kier molecular flexibility index (Phi) is 5.39. The number of carbonyl (C=O) groups excluding carboxylic acids is 1. The number of likely N-dealkylation sites (tertiary alicyclic amines) is 1. The summed E-state index contributed by atoms with van der Waals surface area (Å²) in [6.45, 7) is 8.88. The number of carbonyl (C=O) groups is 2. The first kappa shape index (κ1) is 15.5. The Hall–Kier alpha value is -1.52. The quantitative estimate of drug-likeness (QED) is 0.778. The molecule has 5 heteroatoms. The van der Waals surface area contributed by atoms with Crippen molar-refractivity contribution in [2.45, 2.75) is 45.1 Å². The lowest BCUT2D eigenvalue weighted by Crippen LogP contribution is -2.60. The second-order valence-corrected chi connectivity index (χ2v) is 5.21. The van der Waals surface area contributed by atoms with E-state index in [-0.39, 0.29) is 6.03 Å². The zero-order valence-electron chi connectivity index (χ0n) is 11.9. The SMILES string of the molecule is C=CCN(CCC)C(=O)N1CCCCC1(C)C(=O)O. The van der Waals surface area contributed by atoms with E-state index in [1.54, 1.807) is 17.9 Å². The zero-order valence-corrected chi connectivity index (χ0v) is 11.9. The highest BCUT2D eigenvalue weighted by atomic mass is 16.4. The molecule has 0 saturated carbocycles. The molecule has 1 fully saturated rings. The van der Waals surface area contributed by atoms with E-state index in [0.29, 0.717) is 26.1 Å². The van der Waals surface area contributed by atoms with Gasteiger partial charge in [0.2, 0.25) is 0 Å². The van der Waals surface area contributed by atoms with Gasteiger partial charge in [-0.05, 0) is 32.6 Å². The third-order valence-electron chi connectivity index (χ3n) is 3.70. The first-order valence-electron chi connectivity index (χ1n) is 6.88. The van der Waals surface area contributed by atoms with Crippen molar-refractivity contribution in [2.75, 3.05) is 19.6 Å². The summed E-state index contributed by atoms with van der Waals surface area (Å²) in [7, 11) is 0. The first-order valence-corrected chi connectivity index (χ1v) is 6.88. The van der Waals surface area contributed by atoms with Crippen molar-refractivity contribution in [3.63, 3.8) is 0 Å². The molecular weight excluding hydrogens is 244 g/mol. The van der Waals surface area contributed by atoms with Crippen LogP contribution in [-0.2, 0) is 4.79 Å². The maximum Gasteiger partial charge on any atom is 0.329 e. The van der Waals surface area contributed by atoms with Crippen molar-refractivity contribution in [2.24, 2.45) is 0 Å². The largest absolute Gasteiger partial charge is 0.480 e. The highest BCUT2D eigenvalue weighted by Gasteiger charge is 2.44. The predicted octanol–water partition coefficient (Wildman–Crippen LogP) is 2.33. The maximum atomic E-state index is 12.5. The second-order valence-electron chi connectivity index (χ2n) is 5.21. The van der Waals surface area contributed by atoms with Crippen molar-refractivity contribution in [1.29, 1.82) is 0 Å². The minimum atomic E-state index is -1.08. The fourth-order valence-corrected chi connectivity index (χ4v) is 2.51. The fraction of sp³-hybridized carbons (Fsp3) is 0.714. The van der Waals surface area contributed by atoms with E-state index in [0.717, 1.165) is 19.3 Å². The number of piperidine rings is 1. The number of amides is 2. The van der Waals surface area contributed by atoms with Crippen LogP contribution in [0.25, 0.3) is 0 Å². The lowest BCUT2D eigenvalue weighted by molar-refractivity contribution is -0.150. The summed E-state index contributed by atoms with van der Waals surface area (Å²) in [5.74, 6) is -0.921. The molecule has 5 nitrogen and oxygen atoms in total. The molecule has 0 radical (unpaired) electrons. The average molecular weight is 268 g/mol. The minimum absolute atomic E-state index is 0.189. The Morgan fingerprint density at radius 3 is 2.68 bits per heavy atom. The van der Waals surface area contributed by atoms with Gasteiger partial charge in [-0.25, -0.2) is 9.59 Å². The molecule has 1 aliphatic rings. The Bertz CT molecular complexity index is 357. The van der Waals surface area contributed by atoms with Crippen LogP contribution in [0.3, 0.4) is 0 Å². The number of nitrogens with zero attached hydrogens (tertiary/aromatic N) is 2. The van der Waals surface area contributed by atoms with Crippen LogP contribution in [0.5, 0.6) is 0 Å². The molecule has 19 heavy (non-hydrogen) atoms. The first-order chi connectivity index (χ1) is 8.97. The van der Waals surface area contributed by atoms with Crippen molar-refractivity contribution in [1.82, 2.24) is 9.80 Å². The van der Waals surface area contributed by atoms with Crippen LogP contribution in [0.15, 0.2) is 12.7 Å². The van der Waals surface area contributed by atoms with Crippen molar-refractivity contribution in [3.8, 4) is 0 Å². The van der Waals surface area contributed by atoms with E-state index >= 15 is 0 Å². The van der Waals surface area contributed by atoms with E-state index in [1.807, 2.05) is 6.92 Å². The van der Waals surface area contributed by atoms with E-state index in [2.05, 4.69) is 6.58 Å². The van der Waals surface area contributed by atoms with E-state index in [1.165, 1.54) is 4.90 Å². The molecule has 0 aromatic carbocycles. The van der Waals surface area contributed by atoms with Gasteiger partial charge in [0, 0.05) is 19.6 Å². The van der Waals surface area contributed by atoms with E-state index in [9.17, 15) is 14.7 Å². The van der Waals surface area contributed by atoms with Gasteiger partial charge in [0.05, 0.1) is 0 Å². The molecule has 0 bridgehead atoms. The highest BCUT2D eigenvalue weighted by molar-refractivity contribution is 5.86. The predicted molar refractivity (Wildman–Crippen MR) is 74.1 cm³/mol. The second kappa shape index (κ2) is 6.59. The van der Waals surface area contributed by atoms with Crippen LogP contribution in [0.1, 0.15) is 39.5 Å². The minimum Gasteiger partial charge on any atom is -0.480 e. The Morgan fingerprint density at radius 1 is 1.47 bits per heavy atom. The smallest absolute Gasteiger partial charge is 0.329 e. The van der Waals surface area contributed by atoms with Gasteiger partial charge in [-0.3, -0.25) is 0 Å². The van der Waals surface area contributed by atoms with Crippen molar-refractivity contribution < 1.29 is 14.7 Å². The molecule has 1 rings (SSSR count). The monoisotopic (exact) mass is 268 g/mol. The van der Waals surface area contributed by atoms with Gasteiger partial charge < -0.3 is 14.9 Å². The third-order valence-corrected chi connectivity index (χ3v) is 3.70. The fourth-order valence-electron chi connectivity index (χ4n) is 2.51. The number of hydrogen-bond acceptors (Lipinski definition) is 2. The maximum absolute atomic E-state index is 12.5. The number of rotatable bonds is 5. The van der Waals surface area contributed by atoms with Gasteiger partial charge in [0.15, 0.2) is 0 Å². The summed E-state index contributed by atoms with van der Waals surface area (Å²) in [4.78, 5) is 27.2. The molecule has 1 atom stereocenters. The lowest BCUT2D eigenvalue weighted by atomic mass is 9.89. The molecule has 1 N–H and O–H groups in total. The highest BCUT2D eigenvalue weighted by Crippen LogP contribution is 2.29. The number of aliphatic carboxylic acids is 1. The Labute approximate surface area is 114 Å². The van der Waals surface area contributed by atoms with Crippen LogP contribution in [0, 0.1) is 0 Å². The molecule has 1 unspecified atom stereocenters. The molecule has 2 amide bonds. The van der Waals surface area contributed by atoms with Gasteiger partial charge in [-0.1, -0.05) is 13.0 Å². The Morgan fingerprint density at radius 2 is 2.16 bits per heavy atom. The molecule has 1 saturated heterocycles. The normalized spacial score (nSPS) is 22.9. The number of urea groups is 1. The van der Waals surface area contributed by atoms with Crippen LogP contribution in [0.2, 0.25) is 0 Å². The summed E-state index contributed by atoms with van der Waals surface area (Å²) in [5.41, 5.74) is -1.08. The van der Waals surface area contributed by atoms with Crippen molar-refractivity contribution in [3.05, 3.63) is 12.7 Å². The van der Waals surface area contributed by atoms with Gasteiger partial charge in [-0.15, -0.1) is 6.58 Å². The van der Waals surface area contributed by atoms with E-state index in [4.69, 9.17) is 0 Å². The van der Waals surface area contributed by atoms with E-state index < -0.39 is 11.5 Å². The molecule has 0 spiro atoms. The molecular formula is C14H24N2O3. The average Bonchev–Trinajstić information content (AvgIpc) is 2.38. The molecule has 0 aromatic rings.